The number of aromatic nitrogens is 6. The number of aliphatic hydroxyl groups is 1. The first-order valence-corrected chi connectivity index (χ1v) is 6.66. The van der Waals surface area contributed by atoms with Crippen LogP contribution in [0.3, 0.4) is 0 Å². The summed E-state index contributed by atoms with van der Waals surface area (Å²) in [6.45, 7) is 7.71. The summed E-state index contributed by atoms with van der Waals surface area (Å²) < 4.78 is 0. The summed E-state index contributed by atoms with van der Waals surface area (Å²) in [6.07, 6.45) is 3.88. The van der Waals surface area contributed by atoms with E-state index in [2.05, 4.69) is 37.2 Å². The van der Waals surface area contributed by atoms with E-state index in [1.807, 2.05) is 13.8 Å². The van der Waals surface area contributed by atoms with Crippen LogP contribution >= 0.6 is 0 Å². The third kappa shape index (κ3) is 3.53. The van der Waals surface area contributed by atoms with Gasteiger partial charge in [0.15, 0.2) is 5.82 Å². The summed E-state index contributed by atoms with van der Waals surface area (Å²) in [5.41, 5.74) is 6.37. The molecule has 0 amide bonds. The van der Waals surface area contributed by atoms with Gasteiger partial charge in [0.05, 0.1) is 5.76 Å². The van der Waals surface area contributed by atoms with Crippen molar-refractivity contribution in [2.45, 2.75) is 26.2 Å². The van der Waals surface area contributed by atoms with Gasteiger partial charge in [0.2, 0.25) is 5.95 Å². The molecule has 21 heavy (non-hydrogen) atoms. The maximum atomic E-state index is 9.94. The predicted octanol–water partition coefficient (Wildman–Crippen LogP) is 1.24. The molecule has 2 heterocycles. The number of allylic oxidation sites excluding steroid dienone is 1. The van der Waals surface area contributed by atoms with E-state index in [-0.39, 0.29) is 29.5 Å². The number of rotatable bonds is 6. The van der Waals surface area contributed by atoms with Gasteiger partial charge in [-0.1, -0.05) is 25.6 Å². The molecule has 0 unspecified atom stereocenters. The lowest BCUT2D eigenvalue weighted by Crippen LogP contribution is -2.23. The van der Waals surface area contributed by atoms with Crippen LogP contribution in [0.15, 0.2) is 24.7 Å². The van der Waals surface area contributed by atoms with Crippen LogP contribution in [0.5, 0.6) is 0 Å². The number of aliphatic hydroxyl groups excluding tert-OH is 1. The van der Waals surface area contributed by atoms with Crippen LogP contribution in [0.2, 0.25) is 0 Å². The highest BCUT2D eigenvalue weighted by Crippen LogP contribution is 2.34. The molecule has 8 heteroatoms. The summed E-state index contributed by atoms with van der Waals surface area (Å²) in [7, 11) is 0. The van der Waals surface area contributed by atoms with Crippen LogP contribution < -0.4 is 5.73 Å². The topological polar surface area (TPSA) is 126 Å². The molecule has 0 saturated heterocycles. The first kappa shape index (κ1) is 14.9. The van der Waals surface area contributed by atoms with Gasteiger partial charge in [0.1, 0.15) is 0 Å². The molecular weight excluding hydrogens is 270 g/mol. The molecule has 112 valence electrons. The van der Waals surface area contributed by atoms with E-state index >= 15 is 0 Å². The van der Waals surface area contributed by atoms with Crippen LogP contribution in [0, 0.1) is 11.8 Å². The van der Waals surface area contributed by atoms with E-state index in [0.717, 1.165) is 5.56 Å². The first-order valence-electron chi connectivity index (χ1n) is 6.66. The minimum atomic E-state index is -0.194. The molecule has 8 nitrogen and oxygen atoms in total. The average Bonchev–Trinajstić information content (AvgIpc) is 2.93. The Balaban J connectivity index is 2.32. The predicted molar refractivity (Wildman–Crippen MR) is 77.2 cm³/mol. The molecule has 2 aromatic rings. The highest BCUT2D eigenvalue weighted by Gasteiger charge is 2.31. The van der Waals surface area contributed by atoms with Crippen molar-refractivity contribution in [3.05, 3.63) is 36.1 Å². The Morgan fingerprint density at radius 1 is 1.38 bits per heavy atom. The van der Waals surface area contributed by atoms with E-state index in [4.69, 9.17) is 5.73 Å². The summed E-state index contributed by atoms with van der Waals surface area (Å²) >= 11 is 0. The fraction of sp³-hybridized carbons (Fsp3) is 0.462. The molecule has 4 N–H and O–H groups in total. The van der Waals surface area contributed by atoms with Crippen molar-refractivity contribution in [3.8, 4) is 0 Å². The summed E-state index contributed by atoms with van der Waals surface area (Å²) in [5.74, 6) is 0.660. The molecule has 0 aliphatic carbocycles. The molecule has 0 aromatic carbocycles. The molecule has 0 aliphatic rings. The Morgan fingerprint density at radius 2 is 2.05 bits per heavy atom. The van der Waals surface area contributed by atoms with Crippen LogP contribution in [0.4, 0.5) is 5.95 Å². The lowest BCUT2D eigenvalue weighted by Gasteiger charge is -2.27. The number of H-pyrrole nitrogens is 1. The highest BCUT2D eigenvalue weighted by atomic mass is 16.3. The SMILES string of the molecule is C=C(O)[C@@H](C(C)C)[C@H](Cc1cnc(N)nc1)c1nn[nH]n1. The van der Waals surface area contributed by atoms with Gasteiger partial charge in [-0.05, 0) is 17.9 Å². The zero-order chi connectivity index (χ0) is 15.4. The smallest absolute Gasteiger partial charge is 0.219 e. The second-order valence-corrected chi connectivity index (χ2v) is 5.29. The Kier molecular flexibility index (Phi) is 4.46. The van der Waals surface area contributed by atoms with Crippen molar-refractivity contribution in [1.29, 1.82) is 0 Å². The molecule has 0 aliphatic heterocycles. The van der Waals surface area contributed by atoms with Gasteiger partial charge in [0.25, 0.3) is 0 Å². The number of hydrogen-bond acceptors (Lipinski definition) is 7. The zero-order valence-electron chi connectivity index (χ0n) is 12.1. The lowest BCUT2D eigenvalue weighted by atomic mass is 9.79. The number of hydrogen-bond donors (Lipinski definition) is 3. The van der Waals surface area contributed by atoms with Crippen LogP contribution in [0.1, 0.15) is 31.2 Å². The van der Waals surface area contributed by atoms with Gasteiger partial charge in [-0.2, -0.15) is 5.21 Å². The van der Waals surface area contributed by atoms with Crippen molar-refractivity contribution in [1.82, 2.24) is 30.6 Å². The lowest BCUT2D eigenvalue weighted by molar-refractivity contribution is 0.243. The van der Waals surface area contributed by atoms with E-state index in [0.29, 0.717) is 12.2 Å². The zero-order valence-corrected chi connectivity index (χ0v) is 12.1. The van der Waals surface area contributed by atoms with Crippen molar-refractivity contribution < 1.29 is 5.11 Å². The quantitative estimate of drug-likeness (QED) is 0.683. The molecule has 0 radical (unpaired) electrons. The maximum absolute atomic E-state index is 9.94. The number of nitrogens with one attached hydrogen (secondary N) is 1. The molecule has 0 spiro atoms. The van der Waals surface area contributed by atoms with Gasteiger partial charge < -0.3 is 10.8 Å². The Bertz CT molecular complexity index is 579. The Labute approximate surface area is 122 Å². The Morgan fingerprint density at radius 3 is 2.52 bits per heavy atom. The Hall–Kier alpha value is -2.51. The van der Waals surface area contributed by atoms with E-state index in [1.165, 1.54) is 0 Å². The van der Waals surface area contributed by atoms with Gasteiger partial charge in [0, 0.05) is 24.2 Å². The molecular formula is C13H19N7O. The van der Waals surface area contributed by atoms with E-state index in [1.54, 1.807) is 12.4 Å². The number of aromatic amines is 1. The third-order valence-electron chi connectivity index (χ3n) is 3.41. The number of anilines is 1. The van der Waals surface area contributed by atoms with E-state index in [9.17, 15) is 5.11 Å². The minimum Gasteiger partial charge on any atom is -0.513 e. The van der Waals surface area contributed by atoms with E-state index < -0.39 is 0 Å². The fourth-order valence-electron chi connectivity index (χ4n) is 2.51. The number of nitrogens with two attached hydrogens (primary N) is 1. The highest BCUT2D eigenvalue weighted by molar-refractivity contribution is 5.20. The largest absolute Gasteiger partial charge is 0.513 e. The average molecular weight is 289 g/mol. The monoisotopic (exact) mass is 289 g/mol. The summed E-state index contributed by atoms with van der Waals surface area (Å²) in [6, 6.07) is 0. The normalized spacial score (nSPS) is 14.0. The third-order valence-corrected chi connectivity index (χ3v) is 3.41. The maximum Gasteiger partial charge on any atom is 0.219 e. The van der Waals surface area contributed by atoms with Crippen LogP contribution in [-0.4, -0.2) is 35.7 Å². The van der Waals surface area contributed by atoms with Crippen molar-refractivity contribution in [3.63, 3.8) is 0 Å². The second kappa shape index (κ2) is 6.29. The molecule has 2 atom stereocenters. The standard InChI is InChI=1S/C13H19N7O/c1-7(2)11(8(3)21)10(12-17-19-20-18-12)4-9-5-15-13(14)16-6-9/h5-7,10-11,21H,3-4H2,1-2H3,(H2,14,15,16)(H,17,18,19,20)/t10-,11+/m0/s1. The van der Waals surface area contributed by atoms with Crippen molar-refractivity contribution in [2.75, 3.05) is 5.73 Å². The van der Waals surface area contributed by atoms with Gasteiger partial charge in [-0.15, -0.1) is 10.2 Å². The van der Waals surface area contributed by atoms with Crippen LogP contribution in [-0.2, 0) is 6.42 Å². The van der Waals surface area contributed by atoms with Gasteiger partial charge in [-0.3, -0.25) is 0 Å². The number of tetrazole rings is 1. The fourth-order valence-corrected chi connectivity index (χ4v) is 2.51. The van der Waals surface area contributed by atoms with Crippen molar-refractivity contribution in [2.24, 2.45) is 11.8 Å². The summed E-state index contributed by atoms with van der Waals surface area (Å²) in [5, 5.41) is 24.1. The van der Waals surface area contributed by atoms with Gasteiger partial charge >= 0.3 is 0 Å². The molecule has 0 fully saturated rings. The second-order valence-electron chi connectivity index (χ2n) is 5.29. The van der Waals surface area contributed by atoms with Crippen molar-refractivity contribution >= 4 is 5.95 Å². The molecule has 2 aromatic heterocycles. The molecule has 0 saturated carbocycles. The van der Waals surface area contributed by atoms with Crippen LogP contribution in [0.25, 0.3) is 0 Å². The van der Waals surface area contributed by atoms with Gasteiger partial charge in [-0.25, -0.2) is 9.97 Å². The molecule has 0 bridgehead atoms. The number of nitrogens with zero attached hydrogens (tertiary/aromatic N) is 5. The summed E-state index contributed by atoms with van der Waals surface area (Å²) in [4.78, 5) is 7.96. The minimum absolute atomic E-state index is 0.108. The number of nitrogen functional groups attached to an aromatic ring is 1. The first-order chi connectivity index (χ1) is 9.99. The molecule has 2 rings (SSSR count).